The number of carbonyl (C=O) groups is 2. The van der Waals surface area contributed by atoms with Gasteiger partial charge in [-0.3, -0.25) is 9.59 Å². The van der Waals surface area contributed by atoms with Gasteiger partial charge in [0.1, 0.15) is 5.75 Å². The molecule has 0 unspecified atom stereocenters. The van der Waals surface area contributed by atoms with Crippen molar-refractivity contribution in [3.63, 3.8) is 0 Å². The second kappa shape index (κ2) is 7.97. The van der Waals surface area contributed by atoms with E-state index >= 15 is 0 Å². The first-order chi connectivity index (χ1) is 11.3. The molecule has 0 saturated heterocycles. The molecule has 0 fully saturated rings. The van der Waals surface area contributed by atoms with Crippen LogP contribution in [0.5, 0.6) is 5.75 Å². The van der Waals surface area contributed by atoms with Gasteiger partial charge >= 0.3 is 0 Å². The van der Waals surface area contributed by atoms with E-state index in [1.165, 1.54) is 6.07 Å². The van der Waals surface area contributed by atoms with Gasteiger partial charge in [0, 0.05) is 22.3 Å². The highest BCUT2D eigenvalue weighted by Gasteiger charge is 2.12. The molecule has 2 aromatic rings. The first kappa shape index (κ1) is 18.0. The summed E-state index contributed by atoms with van der Waals surface area (Å²) in [6.45, 7) is 3.96. The fourth-order valence-corrected chi connectivity index (χ4v) is 2.47. The largest absolute Gasteiger partial charge is 0.507 e. The highest BCUT2D eigenvalue weighted by Crippen LogP contribution is 2.23. The molecule has 0 saturated carbocycles. The molecule has 0 heterocycles. The third-order valence-electron chi connectivity index (χ3n) is 3.22. The zero-order chi connectivity index (χ0) is 17.7. The molecule has 5 nitrogen and oxygen atoms in total. The third kappa shape index (κ3) is 5.09. The Morgan fingerprint density at radius 2 is 1.62 bits per heavy atom. The monoisotopic (exact) mass is 390 g/mol. The van der Waals surface area contributed by atoms with Crippen LogP contribution in [-0.2, 0) is 4.79 Å². The Bertz CT molecular complexity index is 742. The molecule has 3 N–H and O–H groups in total. The van der Waals surface area contributed by atoms with Crippen LogP contribution in [0.4, 0.5) is 11.4 Å². The standard InChI is InChI=1S/C18H19BrN2O3/c1-11(2)9-17(23)20-13-4-6-14(7-5-13)21-18(24)15-10-12(19)3-8-16(15)22/h3-8,10-11,22H,9H2,1-2H3,(H,20,23)(H,21,24). The normalized spacial score (nSPS) is 10.5. The Kier molecular flexibility index (Phi) is 5.98. The molecule has 0 aromatic heterocycles. The van der Waals surface area contributed by atoms with E-state index < -0.39 is 5.91 Å². The van der Waals surface area contributed by atoms with Gasteiger partial charge in [0.2, 0.25) is 5.91 Å². The lowest BCUT2D eigenvalue weighted by atomic mass is 10.1. The van der Waals surface area contributed by atoms with Gasteiger partial charge in [0.05, 0.1) is 5.56 Å². The van der Waals surface area contributed by atoms with E-state index in [0.29, 0.717) is 28.2 Å². The summed E-state index contributed by atoms with van der Waals surface area (Å²) >= 11 is 3.27. The number of aromatic hydroxyl groups is 1. The van der Waals surface area contributed by atoms with Gasteiger partial charge < -0.3 is 15.7 Å². The minimum Gasteiger partial charge on any atom is -0.507 e. The first-order valence-corrected chi connectivity index (χ1v) is 8.34. The summed E-state index contributed by atoms with van der Waals surface area (Å²) in [5, 5.41) is 15.3. The van der Waals surface area contributed by atoms with E-state index in [9.17, 15) is 14.7 Å². The second-order valence-corrected chi connectivity index (χ2v) is 6.75. The number of halogens is 1. The average Bonchev–Trinajstić information content (AvgIpc) is 2.50. The smallest absolute Gasteiger partial charge is 0.259 e. The van der Waals surface area contributed by atoms with Crippen molar-refractivity contribution in [2.75, 3.05) is 10.6 Å². The molecule has 0 aliphatic heterocycles. The van der Waals surface area contributed by atoms with Crippen molar-refractivity contribution in [3.8, 4) is 5.75 Å². The molecule has 0 spiro atoms. The maximum atomic E-state index is 12.2. The summed E-state index contributed by atoms with van der Waals surface area (Å²) < 4.78 is 0.702. The van der Waals surface area contributed by atoms with E-state index in [4.69, 9.17) is 0 Å². The number of nitrogens with one attached hydrogen (secondary N) is 2. The van der Waals surface area contributed by atoms with Gasteiger partial charge in [-0.1, -0.05) is 29.8 Å². The highest BCUT2D eigenvalue weighted by atomic mass is 79.9. The molecule has 0 radical (unpaired) electrons. The van der Waals surface area contributed by atoms with Gasteiger partial charge in [-0.25, -0.2) is 0 Å². The van der Waals surface area contributed by atoms with Gasteiger partial charge in [-0.05, 0) is 48.4 Å². The maximum Gasteiger partial charge on any atom is 0.259 e. The number of carbonyl (C=O) groups excluding carboxylic acids is 2. The van der Waals surface area contributed by atoms with Gasteiger partial charge in [-0.2, -0.15) is 0 Å². The predicted octanol–water partition coefficient (Wildman–Crippen LogP) is 4.39. The molecule has 2 rings (SSSR count). The lowest BCUT2D eigenvalue weighted by molar-refractivity contribution is -0.116. The van der Waals surface area contributed by atoms with E-state index in [2.05, 4.69) is 26.6 Å². The van der Waals surface area contributed by atoms with Crippen LogP contribution in [0.2, 0.25) is 0 Å². The van der Waals surface area contributed by atoms with Crippen molar-refractivity contribution in [2.24, 2.45) is 5.92 Å². The van der Waals surface area contributed by atoms with Gasteiger partial charge in [-0.15, -0.1) is 0 Å². The van der Waals surface area contributed by atoms with E-state index in [-0.39, 0.29) is 17.2 Å². The van der Waals surface area contributed by atoms with Crippen molar-refractivity contribution in [1.29, 1.82) is 0 Å². The van der Waals surface area contributed by atoms with E-state index in [0.717, 1.165) is 0 Å². The number of anilines is 2. The summed E-state index contributed by atoms with van der Waals surface area (Å²) in [6.07, 6.45) is 0.459. The lowest BCUT2D eigenvalue weighted by Gasteiger charge is -2.10. The number of hydrogen-bond acceptors (Lipinski definition) is 3. The van der Waals surface area contributed by atoms with Crippen molar-refractivity contribution < 1.29 is 14.7 Å². The number of rotatable bonds is 5. The molecule has 2 amide bonds. The van der Waals surface area contributed by atoms with Crippen LogP contribution in [0.15, 0.2) is 46.9 Å². The van der Waals surface area contributed by atoms with Crippen LogP contribution in [-0.4, -0.2) is 16.9 Å². The molecular weight excluding hydrogens is 372 g/mol. The first-order valence-electron chi connectivity index (χ1n) is 7.55. The summed E-state index contributed by atoms with van der Waals surface area (Å²) in [5.41, 5.74) is 1.42. The number of benzene rings is 2. The zero-order valence-corrected chi connectivity index (χ0v) is 15.1. The molecule has 6 heteroatoms. The molecule has 0 atom stereocenters. The molecule has 2 aromatic carbocycles. The molecule has 24 heavy (non-hydrogen) atoms. The topological polar surface area (TPSA) is 78.4 Å². The second-order valence-electron chi connectivity index (χ2n) is 5.84. The van der Waals surface area contributed by atoms with Gasteiger partial charge in [0.15, 0.2) is 0 Å². The van der Waals surface area contributed by atoms with Crippen molar-refractivity contribution in [2.45, 2.75) is 20.3 Å². The Labute approximate surface area is 149 Å². The maximum absolute atomic E-state index is 12.2. The van der Waals surface area contributed by atoms with Crippen LogP contribution in [0.3, 0.4) is 0 Å². The van der Waals surface area contributed by atoms with Crippen molar-refractivity contribution in [3.05, 3.63) is 52.5 Å². The number of hydrogen-bond donors (Lipinski definition) is 3. The summed E-state index contributed by atoms with van der Waals surface area (Å²) in [4.78, 5) is 23.9. The Morgan fingerprint density at radius 1 is 1.04 bits per heavy atom. The Hall–Kier alpha value is -2.34. The summed E-state index contributed by atoms with van der Waals surface area (Å²) in [7, 11) is 0. The fourth-order valence-electron chi connectivity index (χ4n) is 2.11. The zero-order valence-electron chi connectivity index (χ0n) is 13.5. The molecule has 0 bridgehead atoms. The quantitative estimate of drug-likeness (QED) is 0.707. The minimum absolute atomic E-state index is 0.0409. The molecule has 0 aliphatic rings. The van der Waals surface area contributed by atoms with Crippen LogP contribution in [0.25, 0.3) is 0 Å². The number of phenols is 1. The van der Waals surface area contributed by atoms with Crippen LogP contribution in [0.1, 0.15) is 30.6 Å². The van der Waals surface area contributed by atoms with E-state index in [1.807, 2.05) is 13.8 Å². The SMILES string of the molecule is CC(C)CC(=O)Nc1ccc(NC(=O)c2cc(Br)ccc2O)cc1. The van der Waals surface area contributed by atoms with Crippen LogP contribution in [0, 0.1) is 5.92 Å². The van der Waals surface area contributed by atoms with Crippen molar-refractivity contribution in [1.82, 2.24) is 0 Å². The minimum atomic E-state index is -0.412. The summed E-state index contributed by atoms with van der Waals surface area (Å²) in [6, 6.07) is 11.5. The predicted molar refractivity (Wildman–Crippen MR) is 98.3 cm³/mol. The van der Waals surface area contributed by atoms with E-state index in [1.54, 1.807) is 36.4 Å². The Balaban J connectivity index is 2.02. The highest BCUT2D eigenvalue weighted by molar-refractivity contribution is 9.10. The molecule has 0 aliphatic carbocycles. The number of phenolic OH excluding ortho intramolecular Hbond substituents is 1. The lowest BCUT2D eigenvalue weighted by Crippen LogP contribution is -2.14. The van der Waals surface area contributed by atoms with Crippen LogP contribution >= 0.6 is 15.9 Å². The summed E-state index contributed by atoms with van der Waals surface area (Å²) in [5.74, 6) is -0.249. The average molecular weight is 391 g/mol. The van der Waals surface area contributed by atoms with Crippen LogP contribution < -0.4 is 10.6 Å². The Morgan fingerprint density at radius 3 is 2.21 bits per heavy atom. The third-order valence-corrected chi connectivity index (χ3v) is 3.72. The molecular formula is C18H19BrN2O3. The molecule has 126 valence electrons. The van der Waals surface area contributed by atoms with Gasteiger partial charge in [0.25, 0.3) is 5.91 Å². The fraction of sp³-hybridized carbons (Fsp3) is 0.222. The van der Waals surface area contributed by atoms with Crippen molar-refractivity contribution >= 4 is 39.1 Å². The number of amides is 2.